The van der Waals surface area contributed by atoms with Crippen molar-refractivity contribution in [1.82, 2.24) is 0 Å². The molecule has 2 N–H and O–H groups in total. The summed E-state index contributed by atoms with van der Waals surface area (Å²) in [5.41, 5.74) is 2.31. The summed E-state index contributed by atoms with van der Waals surface area (Å²) in [6, 6.07) is 14.6. The molecule has 0 fully saturated rings. The first-order chi connectivity index (χ1) is 9.15. The lowest BCUT2D eigenvalue weighted by molar-refractivity contribution is -0.111. The Hall–Kier alpha value is -2.55. The number of aryl methyl sites for hydroxylation is 1. The maximum atomic E-state index is 11.7. The summed E-state index contributed by atoms with van der Waals surface area (Å²) in [5.74, 6) is -0.0584. The first-order valence-electron chi connectivity index (χ1n) is 5.99. The minimum absolute atomic E-state index is 0.171. The van der Waals surface area contributed by atoms with Crippen LogP contribution >= 0.6 is 0 Å². The van der Waals surface area contributed by atoms with Crippen LogP contribution in [0.25, 0.3) is 6.08 Å². The SMILES string of the molecule is Cc1ccc(NC(=O)/C=C/c2ccccc2)cc1O. The van der Waals surface area contributed by atoms with Gasteiger partial charge in [-0.1, -0.05) is 36.4 Å². The highest BCUT2D eigenvalue weighted by molar-refractivity contribution is 6.02. The van der Waals surface area contributed by atoms with Crippen LogP contribution < -0.4 is 5.32 Å². The van der Waals surface area contributed by atoms with Crippen molar-refractivity contribution in [3.8, 4) is 5.75 Å². The van der Waals surface area contributed by atoms with Gasteiger partial charge in [-0.25, -0.2) is 0 Å². The molecule has 0 unspecified atom stereocenters. The molecular weight excluding hydrogens is 238 g/mol. The number of phenols is 1. The highest BCUT2D eigenvalue weighted by Gasteiger charge is 2.01. The lowest BCUT2D eigenvalue weighted by atomic mass is 10.2. The minimum atomic E-state index is -0.230. The number of rotatable bonds is 3. The molecule has 2 aromatic rings. The van der Waals surface area contributed by atoms with Crippen molar-refractivity contribution >= 4 is 17.7 Å². The zero-order chi connectivity index (χ0) is 13.7. The molecule has 3 heteroatoms. The predicted octanol–water partition coefficient (Wildman–Crippen LogP) is 3.35. The van der Waals surface area contributed by atoms with Crippen LogP contribution in [0.4, 0.5) is 5.69 Å². The van der Waals surface area contributed by atoms with E-state index in [9.17, 15) is 9.90 Å². The third-order valence-electron chi connectivity index (χ3n) is 2.70. The average molecular weight is 253 g/mol. The van der Waals surface area contributed by atoms with E-state index in [0.29, 0.717) is 5.69 Å². The monoisotopic (exact) mass is 253 g/mol. The van der Waals surface area contributed by atoms with Gasteiger partial charge < -0.3 is 10.4 Å². The number of aromatic hydroxyl groups is 1. The van der Waals surface area contributed by atoms with E-state index in [1.54, 1.807) is 25.1 Å². The third-order valence-corrected chi connectivity index (χ3v) is 2.70. The molecule has 19 heavy (non-hydrogen) atoms. The van der Waals surface area contributed by atoms with Crippen LogP contribution in [0, 0.1) is 6.92 Å². The Balaban J connectivity index is 2.01. The first-order valence-corrected chi connectivity index (χ1v) is 5.99. The van der Waals surface area contributed by atoms with E-state index in [4.69, 9.17) is 0 Å². The van der Waals surface area contributed by atoms with Gasteiger partial charge in [0.2, 0.25) is 5.91 Å². The maximum Gasteiger partial charge on any atom is 0.248 e. The molecule has 0 aliphatic heterocycles. The Kier molecular flexibility index (Phi) is 3.98. The molecule has 96 valence electrons. The van der Waals surface area contributed by atoms with Gasteiger partial charge in [-0.2, -0.15) is 0 Å². The molecule has 0 saturated heterocycles. The average Bonchev–Trinajstić information content (AvgIpc) is 2.42. The molecule has 0 saturated carbocycles. The van der Waals surface area contributed by atoms with Crippen LogP contribution in [-0.4, -0.2) is 11.0 Å². The van der Waals surface area contributed by atoms with E-state index >= 15 is 0 Å². The summed E-state index contributed by atoms with van der Waals surface area (Å²) in [5, 5.41) is 12.2. The minimum Gasteiger partial charge on any atom is -0.508 e. The fourth-order valence-electron chi connectivity index (χ4n) is 1.61. The number of hydrogen-bond donors (Lipinski definition) is 2. The van der Waals surface area contributed by atoms with Crippen molar-refractivity contribution < 1.29 is 9.90 Å². The van der Waals surface area contributed by atoms with E-state index in [0.717, 1.165) is 11.1 Å². The summed E-state index contributed by atoms with van der Waals surface area (Å²) < 4.78 is 0. The second-order valence-corrected chi connectivity index (χ2v) is 4.23. The zero-order valence-corrected chi connectivity index (χ0v) is 10.6. The van der Waals surface area contributed by atoms with Crippen LogP contribution in [-0.2, 0) is 4.79 Å². The number of nitrogens with one attached hydrogen (secondary N) is 1. The largest absolute Gasteiger partial charge is 0.508 e. The van der Waals surface area contributed by atoms with E-state index in [1.165, 1.54) is 12.1 Å². The van der Waals surface area contributed by atoms with Crippen LogP contribution in [0.5, 0.6) is 5.75 Å². The van der Waals surface area contributed by atoms with Gasteiger partial charge in [-0.3, -0.25) is 4.79 Å². The topological polar surface area (TPSA) is 49.3 Å². The molecule has 3 nitrogen and oxygen atoms in total. The highest BCUT2D eigenvalue weighted by atomic mass is 16.3. The van der Waals surface area contributed by atoms with Gasteiger partial charge >= 0.3 is 0 Å². The fraction of sp³-hybridized carbons (Fsp3) is 0.0625. The van der Waals surface area contributed by atoms with Crippen molar-refractivity contribution in [3.63, 3.8) is 0 Å². The normalized spacial score (nSPS) is 10.6. The van der Waals surface area contributed by atoms with Crippen molar-refractivity contribution in [2.75, 3.05) is 5.32 Å². The zero-order valence-electron chi connectivity index (χ0n) is 10.6. The third kappa shape index (κ3) is 3.71. The molecule has 2 rings (SSSR count). The molecule has 0 bridgehead atoms. The van der Waals surface area contributed by atoms with Crippen LogP contribution in [0.1, 0.15) is 11.1 Å². The molecule has 0 radical (unpaired) electrons. The standard InChI is InChI=1S/C16H15NO2/c1-12-7-9-14(11-15(12)18)17-16(19)10-8-13-5-3-2-4-6-13/h2-11,18H,1H3,(H,17,19)/b10-8+. The molecule has 0 heterocycles. The number of carbonyl (C=O) groups excluding carboxylic acids is 1. The van der Waals surface area contributed by atoms with E-state index in [2.05, 4.69) is 5.32 Å². The van der Waals surface area contributed by atoms with Crippen LogP contribution in [0.3, 0.4) is 0 Å². The van der Waals surface area contributed by atoms with Gasteiger partial charge in [-0.15, -0.1) is 0 Å². The molecule has 0 atom stereocenters. The Morgan fingerprint density at radius 3 is 2.58 bits per heavy atom. The Morgan fingerprint density at radius 1 is 1.16 bits per heavy atom. The van der Waals surface area contributed by atoms with E-state index < -0.39 is 0 Å². The Labute approximate surface area is 112 Å². The number of benzene rings is 2. The van der Waals surface area contributed by atoms with Crippen molar-refractivity contribution in [2.45, 2.75) is 6.92 Å². The Bertz CT molecular complexity index is 603. The maximum absolute atomic E-state index is 11.7. The first kappa shape index (κ1) is 12.9. The van der Waals surface area contributed by atoms with Crippen molar-refractivity contribution in [2.24, 2.45) is 0 Å². The lowest BCUT2D eigenvalue weighted by Crippen LogP contribution is -2.07. The summed E-state index contributed by atoms with van der Waals surface area (Å²) >= 11 is 0. The van der Waals surface area contributed by atoms with Gasteiger partial charge in [0.05, 0.1) is 0 Å². The second kappa shape index (κ2) is 5.87. The van der Waals surface area contributed by atoms with Crippen LogP contribution in [0.15, 0.2) is 54.6 Å². The smallest absolute Gasteiger partial charge is 0.248 e. The number of hydrogen-bond acceptors (Lipinski definition) is 2. The molecular formula is C16H15NO2. The summed E-state index contributed by atoms with van der Waals surface area (Å²) in [7, 11) is 0. The molecule has 0 aromatic heterocycles. The summed E-state index contributed by atoms with van der Waals surface area (Å²) in [4.78, 5) is 11.7. The quantitative estimate of drug-likeness (QED) is 0.824. The molecule has 2 aromatic carbocycles. The molecule has 0 aliphatic carbocycles. The summed E-state index contributed by atoms with van der Waals surface area (Å²) in [6.45, 7) is 1.80. The Morgan fingerprint density at radius 2 is 1.89 bits per heavy atom. The molecule has 0 spiro atoms. The molecule has 1 amide bonds. The van der Waals surface area contributed by atoms with Crippen LogP contribution in [0.2, 0.25) is 0 Å². The molecule has 0 aliphatic rings. The number of phenolic OH excluding ortho intramolecular Hbond substituents is 1. The fourth-order valence-corrected chi connectivity index (χ4v) is 1.61. The lowest BCUT2D eigenvalue weighted by Gasteiger charge is -2.04. The van der Waals surface area contributed by atoms with Crippen molar-refractivity contribution in [1.29, 1.82) is 0 Å². The number of carbonyl (C=O) groups is 1. The number of amides is 1. The predicted molar refractivity (Wildman–Crippen MR) is 76.9 cm³/mol. The highest BCUT2D eigenvalue weighted by Crippen LogP contribution is 2.20. The van der Waals surface area contributed by atoms with Gasteiger partial charge in [0.15, 0.2) is 0 Å². The van der Waals surface area contributed by atoms with Gasteiger partial charge in [0.25, 0.3) is 0 Å². The van der Waals surface area contributed by atoms with Crippen molar-refractivity contribution in [3.05, 3.63) is 65.7 Å². The van der Waals surface area contributed by atoms with E-state index in [-0.39, 0.29) is 11.7 Å². The van der Waals surface area contributed by atoms with Gasteiger partial charge in [-0.05, 0) is 30.2 Å². The summed E-state index contributed by atoms with van der Waals surface area (Å²) in [6.07, 6.45) is 3.20. The van der Waals surface area contributed by atoms with Gasteiger partial charge in [0.1, 0.15) is 5.75 Å². The number of anilines is 1. The van der Waals surface area contributed by atoms with Gasteiger partial charge in [0, 0.05) is 17.8 Å². The van der Waals surface area contributed by atoms with E-state index in [1.807, 2.05) is 30.3 Å². The second-order valence-electron chi connectivity index (χ2n) is 4.23.